The number of aryl methyl sites for hydroxylation is 1. The van der Waals surface area contributed by atoms with Crippen LogP contribution in [0, 0.1) is 10.5 Å². The molecule has 0 aliphatic carbocycles. The highest BCUT2D eigenvalue weighted by Crippen LogP contribution is 2.24. The van der Waals surface area contributed by atoms with Gasteiger partial charge in [-0.25, -0.2) is 9.97 Å². The van der Waals surface area contributed by atoms with E-state index in [2.05, 4.69) is 60.7 Å². The number of hydrogen-bond acceptors (Lipinski definition) is 3. The third-order valence-corrected chi connectivity index (χ3v) is 4.28. The SMILES string of the molecule is CCNc1nc(-c2ccc(Br)cc2)nc(C)c1I. The van der Waals surface area contributed by atoms with E-state index in [1.807, 2.05) is 31.2 Å². The summed E-state index contributed by atoms with van der Waals surface area (Å²) in [5, 5.41) is 3.27. The third kappa shape index (κ3) is 3.00. The van der Waals surface area contributed by atoms with Gasteiger partial charge in [0.2, 0.25) is 0 Å². The normalized spacial score (nSPS) is 10.4. The van der Waals surface area contributed by atoms with E-state index in [-0.39, 0.29) is 0 Å². The number of aromatic nitrogens is 2. The average Bonchev–Trinajstić information content (AvgIpc) is 2.36. The number of benzene rings is 1. The Bertz CT molecular complexity index is 555. The zero-order valence-corrected chi connectivity index (χ0v) is 13.9. The second kappa shape index (κ2) is 5.97. The smallest absolute Gasteiger partial charge is 0.161 e. The predicted molar refractivity (Wildman–Crippen MR) is 86.8 cm³/mol. The summed E-state index contributed by atoms with van der Waals surface area (Å²) in [5.74, 6) is 1.67. The fourth-order valence-electron chi connectivity index (χ4n) is 1.57. The van der Waals surface area contributed by atoms with Crippen LogP contribution in [0.25, 0.3) is 11.4 Å². The molecule has 5 heteroatoms. The lowest BCUT2D eigenvalue weighted by Crippen LogP contribution is -2.06. The topological polar surface area (TPSA) is 37.8 Å². The summed E-state index contributed by atoms with van der Waals surface area (Å²) < 4.78 is 2.13. The van der Waals surface area contributed by atoms with Gasteiger partial charge >= 0.3 is 0 Å². The monoisotopic (exact) mass is 417 g/mol. The molecule has 1 aromatic carbocycles. The van der Waals surface area contributed by atoms with Gasteiger partial charge in [-0.15, -0.1) is 0 Å². The molecule has 0 saturated carbocycles. The quantitative estimate of drug-likeness (QED) is 0.758. The van der Waals surface area contributed by atoms with Crippen molar-refractivity contribution in [3.63, 3.8) is 0 Å². The maximum Gasteiger partial charge on any atom is 0.161 e. The van der Waals surface area contributed by atoms with Crippen molar-refractivity contribution in [1.29, 1.82) is 0 Å². The van der Waals surface area contributed by atoms with Gasteiger partial charge in [-0.05, 0) is 48.6 Å². The van der Waals surface area contributed by atoms with Crippen LogP contribution in [0.15, 0.2) is 28.7 Å². The number of rotatable bonds is 3. The minimum absolute atomic E-state index is 0.761. The van der Waals surface area contributed by atoms with Crippen LogP contribution in [0.2, 0.25) is 0 Å². The van der Waals surface area contributed by atoms with Crippen LogP contribution in [-0.2, 0) is 0 Å². The minimum atomic E-state index is 0.761. The molecule has 0 fully saturated rings. The fourth-order valence-corrected chi connectivity index (χ4v) is 2.27. The van der Waals surface area contributed by atoms with Crippen LogP contribution < -0.4 is 5.32 Å². The van der Waals surface area contributed by atoms with E-state index in [4.69, 9.17) is 0 Å². The summed E-state index contributed by atoms with van der Waals surface area (Å²) in [5.41, 5.74) is 2.02. The molecule has 0 aliphatic heterocycles. The highest BCUT2D eigenvalue weighted by atomic mass is 127. The van der Waals surface area contributed by atoms with Crippen molar-refractivity contribution in [2.75, 3.05) is 11.9 Å². The number of hydrogen-bond donors (Lipinski definition) is 1. The van der Waals surface area contributed by atoms with Crippen LogP contribution in [0.5, 0.6) is 0 Å². The molecule has 0 spiro atoms. The van der Waals surface area contributed by atoms with E-state index >= 15 is 0 Å². The van der Waals surface area contributed by atoms with E-state index in [1.165, 1.54) is 0 Å². The lowest BCUT2D eigenvalue weighted by Gasteiger charge is -2.10. The number of anilines is 1. The van der Waals surface area contributed by atoms with Gasteiger partial charge in [-0.2, -0.15) is 0 Å². The molecule has 0 saturated heterocycles. The molecule has 2 rings (SSSR count). The van der Waals surface area contributed by atoms with E-state index in [1.54, 1.807) is 0 Å². The van der Waals surface area contributed by atoms with E-state index in [9.17, 15) is 0 Å². The molecule has 3 nitrogen and oxygen atoms in total. The van der Waals surface area contributed by atoms with Gasteiger partial charge in [-0.3, -0.25) is 0 Å². The Hall–Kier alpha value is -0.690. The van der Waals surface area contributed by atoms with E-state index in [0.717, 1.165) is 37.5 Å². The Labute approximate surface area is 129 Å². The van der Waals surface area contributed by atoms with Crippen LogP contribution in [-0.4, -0.2) is 16.5 Å². The zero-order valence-electron chi connectivity index (χ0n) is 10.2. The highest BCUT2D eigenvalue weighted by Gasteiger charge is 2.09. The summed E-state index contributed by atoms with van der Waals surface area (Å²) in [6.45, 7) is 4.92. The maximum atomic E-state index is 4.58. The van der Waals surface area contributed by atoms with Crippen LogP contribution in [0.3, 0.4) is 0 Å². The molecule has 2 aromatic rings. The fraction of sp³-hybridized carbons (Fsp3) is 0.231. The first-order valence-electron chi connectivity index (χ1n) is 5.65. The summed E-state index contributed by atoms with van der Waals surface area (Å²) in [4.78, 5) is 9.12. The van der Waals surface area contributed by atoms with Crippen molar-refractivity contribution in [3.05, 3.63) is 38.0 Å². The summed E-state index contributed by atoms with van der Waals surface area (Å²) in [6.07, 6.45) is 0. The first-order valence-corrected chi connectivity index (χ1v) is 7.53. The Morgan fingerprint density at radius 2 is 1.89 bits per heavy atom. The molecular weight excluding hydrogens is 405 g/mol. The van der Waals surface area contributed by atoms with Crippen LogP contribution in [0.1, 0.15) is 12.6 Å². The molecule has 1 heterocycles. The van der Waals surface area contributed by atoms with Crippen molar-refractivity contribution >= 4 is 44.3 Å². The lowest BCUT2D eigenvalue weighted by atomic mass is 10.2. The maximum absolute atomic E-state index is 4.58. The first-order chi connectivity index (χ1) is 8.61. The van der Waals surface area contributed by atoms with E-state index < -0.39 is 0 Å². The van der Waals surface area contributed by atoms with Crippen molar-refractivity contribution < 1.29 is 0 Å². The van der Waals surface area contributed by atoms with Crippen molar-refractivity contribution in [1.82, 2.24) is 9.97 Å². The molecule has 1 N–H and O–H groups in total. The van der Waals surface area contributed by atoms with Gasteiger partial charge in [0.15, 0.2) is 5.82 Å². The Kier molecular flexibility index (Phi) is 4.55. The molecule has 0 radical (unpaired) electrons. The first kappa shape index (κ1) is 13.7. The average molecular weight is 418 g/mol. The highest BCUT2D eigenvalue weighted by molar-refractivity contribution is 14.1. The number of halogens is 2. The van der Waals surface area contributed by atoms with Gasteiger partial charge < -0.3 is 5.32 Å². The van der Waals surface area contributed by atoms with Gasteiger partial charge in [0, 0.05) is 16.6 Å². The van der Waals surface area contributed by atoms with Gasteiger partial charge in [-0.1, -0.05) is 28.1 Å². The molecule has 1 aromatic heterocycles. The summed E-state index contributed by atoms with van der Waals surface area (Å²) >= 11 is 5.70. The minimum Gasteiger partial charge on any atom is -0.369 e. The molecule has 0 atom stereocenters. The summed E-state index contributed by atoms with van der Waals surface area (Å²) in [7, 11) is 0. The second-order valence-corrected chi connectivity index (χ2v) is 5.83. The molecule has 94 valence electrons. The molecule has 0 bridgehead atoms. The molecule has 0 unspecified atom stereocenters. The molecule has 0 amide bonds. The molecular formula is C13H13BrIN3. The Morgan fingerprint density at radius 1 is 1.22 bits per heavy atom. The Balaban J connectivity index is 2.48. The molecule has 18 heavy (non-hydrogen) atoms. The number of nitrogens with one attached hydrogen (secondary N) is 1. The van der Waals surface area contributed by atoms with Gasteiger partial charge in [0.05, 0.1) is 9.26 Å². The summed E-state index contributed by atoms with van der Waals surface area (Å²) in [6, 6.07) is 8.03. The standard InChI is InChI=1S/C13H13BrIN3/c1-3-16-13-11(15)8(2)17-12(18-13)9-4-6-10(14)7-5-9/h4-7H,3H2,1-2H3,(H,16,17,18). The lowest BCUT2D eigenvalue weighted by molar-refractivity contribution is 1.06. The predicted octanol–water partition coefficient (Wildman–Crippen LogP) is 4.25. The van der Waals surface area contributed by atoms with Crippen LogP contribution >= 0.6 is 38.5 Å². The number of nitrogens with zero attached hydrogens (tertiary/aromatic N) is 2. The van der Waals surface area contributed by atoms with Gasteiger partial charge in [0.25, 0.3) is 0 Å². The van der Waals surface area contributed by atoms with Gasteiger partial charge in [0.1, 0.15) is 5.82 Å². The zero-order chi connectivity index (χ0) is 13.1. The van der Waals surface area contributed by atoms with Crippen LogP contribution in [0.4, 0.5) is 5.82 Å². The van der Waals surface area contributed by atoms with Crippen molar-refractivity contribution in [2.24, 2.45) is 0 Å². The largest absolute Gasteiger partial charge is 0.369 e. The Morgan fingerprint density at radius 3 is 2.50 bits per heavy atom. The second-order valence-electron chi connectivity index (χ2n) is 3.83. The van der Waals surface area contributed by atoms with E-state index in [0.29, 0.717) is 0 Å². The van der Waals surface area contributed by atoms with Crippen molar-refractivity contribution in [3.8, 4) is 11.4 Å². The third-order valence-electron chi connectivity index (χ3n) is 2.46. The molecule has 0 aliphatic rings. The van der Waals surface area contributed by atoms with Crippen molar-refractivity contribution in [2.45, 2.75) is 13.8 Å².